The second kappa shape index (κ2) is 7.76. The van der Waals surface area contributed by atoms with Crippen LogP contribution in [0.25, 0.3) is 0 Å². The van der Waals surface area contributed by atoms with Gasteiger partial charge in [-0.05, 0) is 25.0 Å². The van der Waals surface area contributed by atoms with E-state index in [1.807, 2.05) is 0 Å². The number of nitrogens with zero attached hydrogens (tertiary/aromatic N) is 4. The predicted octanol–water partition coefficient (Wildman–Crippen LogP) is 0.646. The lowest BCUT2D eigenvalue weighted by molar-refractivity contribution is -0.130. The molecule has 7 nitrogen and oxygen atoms in total. The molecule has 1 atom stereocenters. The molecule has 2 rings (SSSR count). The summed E-state index contributed by atoms with van der Waals surface area (Å²) in [6.45, 7) is 2.15. The number of anilines is 1. The van der Waals surface area contributed by atoms with Gasteiger partial charge in [0.25, 0.3) is 0 Å². The highest BCUT2D eigenvalue weighted by molar-refractivity contribution is 6.29. The fourth-order valence-corrected chi connectivity index (χ4v) is 2.29. The van der Waals surface area contributed by atoms with Crippen molar-refractivity contribution in [3.63, 3.8) is 0 Å². The van der Waals surface area contributed by atoms with Crippen molar-refractivity contribution >= 4 is 23.3 Å². The third-order valence-electron chi connectivity index (χ3n) is 3.24. The van der Waals surface area contributed by atoms with Crippen LogP contribution in [0.1, 0.15) is 12.8 Å². The van der Waals surface area contributed by atoms with Crippen LogP contribution in [0.15, 0.2) is 12.1 Å². The zero-order valence-corrected chi connectivity index (χ0v) is 12.3. The molecule has 1 amide bonds. The molecule has 2 N–H and O–H groups in total. The van der Waals surface area contributed by atoms with E-state index in [0.717, 1.165) is 12.8 Å². The largest absolute Gasteiger partial charge is 0.367 e. The Morgan fingerprint density at radius 1 is 1.48 bits per heavy atom. The smallest absolute Gasteiger partial charge is 0.237 e. The van der Waals surface area contributed by atoms with E-state index >= 15 is 0 Å². The Morgan fingerprint density at radius 3 is 3.05 bits per heavy atom. The van der Waals surface area contributed by atoms with Gasteiger partial charge in [-0.3, -0.25) is 4.79 Å². The highest BCUT2D eigenvalue weighted by Gasteiger charge is 2.27. The van der Waals surface area contributed by atoms with Crippen molar-refractivity contribution in [2.45, 2.75) is 18.9 Å². The summed E-state index contributed by atoms with van der Waals surface area (Å²) in [6.07, 6.45) is 1.68. The van der Waals surface area contributed by atoms with E-state index in [2.05, 4.69) is 26.9 Å². The van der Waals surface area contributed by atoms with E-state index in [1.165, 1.54) is 0 Å². The number of amides is 1. The maximum atomic E-state index is 11.9. The van der Waals surface area contributed by atoms with E-state index in [1.54, 1.807) is 17.0 Å². The number of rotatable bonds is 6. The van der Waals surface area contributed by atoms with E-state index in [0.29, 0.717) is 30.6 Å². The molecule has 0 aliphatic carbocycles. The van der Waals surface area contributed by atoms with Crippen LogP contribution in [0.4, 0.5) is 5.82 Å². The minimum absolute atomic E-state index is 0.0228. The number of carbonyl (C=O) groups is 1. The molecule has 0 unspecified atom stereocenters. The van der Waals surface area contributed by atoms with Crippen LogP contribution < -0.4 is 10.6 Å². The van der Waals surface area contributed by atoms with Crippen molar-refractivity contribution in [3.8, 4) is 6.07 Å². The summed E-state index contributed by atoms with van der Waals surface area (Å²) in [5.74, 6) is 0.613. The first-order valence-corrected chi connectivity index (χ1v) is 7.21. The number of nitriles is 1. The van der Waals surface area contributed by atoms with Gasteiger partial charge in [0.05, 0.1) is 12.6 Å². The molecule has 1 aromatic rings. The molecule has 1 aliphatic rings. The Hall–Kier alpha value is -1.91. The number of halogens is 1. The highest BCUT2D eigenvalue weighted by atomic mass is 35.5. The van der Waals surface area contributed by atoms with Gasteiger partial charge < -0.3 is 15.5 Å². The van der Waals surface area contributed by atoms with Gasteiger partial charge in [0, 0.05) is 19.6 Å². The van der Waals surface area contributed by atoms with Gasteiger partial charge >= 0.3 is 0 Å². The molecule has 112 valence electrons. The first-order valence-electron chi connectivity index (χ1n) is 6.83. The van der Waals surface area contributed by atoms with Crippen LogP contribution in [0.5, 0.6) is 0 Å². The maximum absolute atomic E-state index is 11.9. The molecule has 0 spiro atoms. The first-order chi connectivity index (χ1) is 10.2. The summed E-state index contributed by atoms with van der Waals surface area (Å²) in [5.41, 5.74) is 0. The number of aromatic nitrogens is 2. The van der Waals surface area contributed by atoms with E-state index in [9.17, 15) is 4.79 Å². The quantitative estimate of drug-likeness (QED) is 0.749. The molecular formula is C13H17ClN6O. The summed E-state index contributed by atoms with van der Waals surface area (Å²) in [6, 6.07) is 5.29. The maximum Gasteiger partial charge on any atom is 0.237 e. The lowest BCUT2D eigenvalue weighted by Crippen LogP contribution is -2.41. The fourth-order valence-electron chi connectivity index (χ4n) is 2.19. The normalized spacial score (nSPS) is 17.5. The van der Waals surface area contributed by atoms with Gasteiger partial charge in [-0.1, -0.05) is 11.6 Å². The lowest BCUT2D eigenvalue weighted by Gasteiger charge is -2.19. The summed E-state index contributed by atoms with van der Waals surface area (Å²) in [4.78, 5) is 13.6. The van der Waals surface area contributed by atoms with Gasteiger partial charge in [0.1, 0.15) is 11.9 Å². The monoisotopic (exact) mass is 308 g/mol. The number of likely N-dealkylation sites (tertiary alicyclic amines) is 1. The Balaban J connectivity index is 1.62. The van der Waals surface area contributed by atoms with Crippen molar-refractivity contribution in [2.75, 3.05) is 31.5 Å². The van der Waals surface area contributed by atoms with Crippen LogP contribution in [0.3, 0.4) is 0 Å². The minimum Gasteiger partial charge on any atom is -0.367 e. The number of nitrogens with one attached hydrogen (secondary N) is 2. The Labute approximate surface area is 128 Å². The van der Waals surface area contributed by atoms with Gasteiger partial charge in [0.15, 0.2) is 5.15 Å². The molecule has 1 fully saturated rings. The zero-order chi connectivity index (χ0) is 15.1. The molecule has 0 bridgehead atoms. The molecular weight excluding hydrogens is 292 g/mol. The Bertz CT molecular complexity index is 514. The molecule has 21 heavy (non-hydrogen) atoms. The van der Waals surface area contributed by atoms with Crippen LogP contribution in [0.2, 0.25) is 5.15 Å². The van der Waals surface area contributed by atoms with Crippen molar-refractivity contribution in [3.05, 3.63) is 17.3 Å². The summed E-state index contributed by atoms with van der Waals surface area (Å²) in [7, 11) is 0. The Morgan fingerprint density at radius 2 is 2.33 bits per heavy atom. The van der Waals surface area contributed by atoms with Gasteiger partial charge in [-0.15, -0.1) is 10.2 Å². The number of carbonyl (C=O) groups excluding carboxylic acids is 1. The predicted molar refractivity (Wildman–Crippen MR) is 78.7 cm³/mol. The molecule has 2 heterocycles. The SMILES string of the molecule is N#C[C@@H]1CCCN1C(=O)CNCCNc1ccc(Cl)nn1. The zero-order valence-electron chi connectivity index (χ0n) is 11.5. The molecule has 8 heteroatoms. The lowest BCUT2D eigenvalue weighted by atomic mass is 10.2. The van der Waals surface area contributed by atoms with E-state index in [4.69, 9.17) is 16.9 Å². The Kier molecular flexibility index (Phi) is 5.72. The molecule has 1 aromatic heterocycles. The second-order valence-electron chi connectivity index (χ2n) is 4.72. The molecule has 0 saturated carbocycles. The van der Waals surface area contributed by atoms with Crippen molar-refractivity contribution in [1.82, 2.24) is 20.4 Å². The third kappa shape index (κ3) is 4.55. The summed E-state index contributed by atoms with van der Waals surface area (Å²) in [5, 5.41) is 23.0. The average Bonchev–Trinajstić information content (AvgIpc) is 2.97. The van der Waals surface area contributed by atoms with Crippen molar-refractivity contribution in [1.29, 1.82) is 5.26 Å². The minimum atomic E-state index is -0.262. The number of hydrogen-bond acceptors (Lipinski definition) is 6. The molecule has 1 saturated heterocycles. The second-order valence-corrected chi connectivity index (χ2v) is 5.11. The highest BCUT2D eigenvalue weighted by Crippen LogP contribution is 2.15. The topological polar surface area (TPSA) is 93.9 Å². The molecule has 1 aliphatic heterocycles. The molecule has 0 radical (unpaired) electrons. The van der Waals surface area contributed by atoms with Crippen molar-refractivity contribution in [2.24, 2.45) is 0 Å². The standard InChI is InChI=1S/C13H17ClN6O/c14-11-3-4-12(19-18-11)17-6-5-16-9-13(21)20-7-1-2-10(20)8-15/h3-4,10,16H,1-2,5-7,9H2,(H,17,19)/t10-/m0/s1. The van der Waals surface area contributed by atoms with E-state index < -0.39 is 0 Å². The first kappa shape index (κ1) is 15.5. The van der Waals surface area contributed by atoms with Crippen LogP contribution in [0, 0.1) is 11.3 Å². The third-order valence-corrected chi connectivity index (χ3v) is 3.44. The van der Waals surface area contributed by atoms with Crippen molar-refractivity contribution < 1.29 is 4.79 Å². The van der Waals surface area contributed by atoms with Gasteiger partial charge in [0.2, 0.25) is 5.91 Å². The number of hydrogen-bond donors (Lipinski definition) is 2. The van der Waals surface area contributed by atoms with Crippen LogP contribution in [-0.2, 0) is 4.79 Å². The summed E-state index contributed by atoms with van der Waals surface area (Å²) < 4.78 is 0. The van der Waals surface area contributed by atoms with Crippen LogP contribution in [-0.4, -0.2) is 53.2 Å². The van der Waals surface area contributed by atoms with Crippen LogP contribution >= 0.6 is 11.6 Å². The van der Waals surface area contributed by atoms with Gasteiger partial charge in [-0.2, -0.15) is 5.26 Å². The average molecular weight is 309 g/mol. The van der Waals surface area contributed by atoms with Gasteiger partial charge in [-0.25, -0.2) is 0 Å². The fraction of sp³-hybridized carbons (Fsp3) is 0.538. The molecule has 0 aromatic carbocycles. The summed E-state index contributed by atoms with van der Waals surface area (Å²) >= 11 is 5.64. The van der Waals surface area contributed by atoms with E-state index in [-0.39, 0.29) is 18.5 Å².